The molecule has 184 valence electrons. The van der Waals surface area contributed by atoms with Crippen LogP contribution in [0.4, 0.5) is 0 Å². The number of methoxy groups -OCH3 is 1. The molecule has 4 saturated carbocycles. The van der Waals surface area contributed by atoms with E-state index in [0.29, 0.717) is 18.6 Å². The maximum Gasteiger partial charge on any atom is 0.312 e. The number of Topliss-reactive ketones (excluding diaryl/α,β-unsaturated/α-hetero) is 2. The molecule has 5 aliphatic carbocycles. The first kappa shape index (κ1) is 23.8. The van der Waals surface area contributed by atoms with Gasteiger partial charge in [0.2, 0.25) is 0 Å². The van der Waals surface area contributed by atoms with E-state index < -0.39 is 5.41 Å². The van der Waals surface area contributed by atoms with Crippen LogP contribution in [0.25, 0.3) is 0 Å². The van der Waals surface area contributed by atoms with E-state index >= 15 is 0 Å². The van der Waals surface area contributed by atoms with Crippen LogP contribution in [0.2, 0.25) is 0 Å². The molecular weight excluding hydrogens is 426 g/mol. The SMILES string of the molecule is COC(=O)C12CCC3C(C(=O)CC4C5(C)C=C(C#N)C(=O)CC5CCC34C)C1CC(C)(C)CC2. The molecule has 0 amide bonds. The summed E-state index contributed by atoms with van der Waals surface area (Å²) in [7, 11) is 1.49. The van der Waals surface area contributed by atoms with Gasteiger partial charge in [0, 0.05) is 18.8 Å². The third kappa shape index (κ3) is 3.06. The molecule has 0 bridgehead atoms. The number of rotatable bonds is 1. The number of hydrogen-bond acceptors (Lipinski definition) is 5. The highest BCUT2D eigenvalue weighted by Gasteiger charge is 2.67. The van der Waals surface area contributed by atoms with Gasteiger partial charge in [-0.1, -0.05) is 33.8 Å². The van der Waals surface area contributed by atoms with Crippen molar-refractivity contribution in [1.82, 2.24) is 0 Å². The topological polar surface area (TPSA) is 84.2 Å². The summed E-state index contributed by atoms with van der Waals surface area (Å²) in [5.41, 5.74) is -0.489. The van der Waals surface area contributed by atoms with E-state index in [1.807, 2.05) is 6.08 Å². The second kappa shape index (κ2) is 7.52. The molecule has 0 spiro atoms. The lowest BCUT2D eigenvalue weighted by Gasteiger charge is -2.66. The van der Waals surface area contributed by atoms with Gasteiger partial charge in [0.15, 0.2) is 5.78 Å². The first-order valence-electron chi connectivity index (χ1n) is 13.2. The fourth-order valence-electron chi connectivity index (χ4n) is 9.60. The Morgan fingerprint density at radius 2 is 1.76 bits per heavy atom. The second-order valence-corrected chi connectivity index (χ2v) is 13.4. The fourth-order valence-corrected chi connectivity index (χ4v) is 9.60. The number of fused-ring (bicyclic) bond motifs is 7. The average Bonchev–Trinajstić information content (AvgIpc) is 2.79. The molecule has 5 nitrogen and oxygen atoms in total. The molecule has 34 heavy (non-hydrogen) atoms. The van der Waals surface area contributed by atoms with Crippen molar-refractivity contribution in [2.24, 2.45) is 51.2 Å². The third-order valence-corrected chi connectivity index (χ3v) is 11.5. The van der Waals surface area contributed by atoms with Crippen LogP contribution in [0.3, 0.4) is 0 Å². The zero-order valence-corrected chi connectivity index (χ0v) is 21.4. The van der Waals surface area contributed by atoms with Gasteiger partial charge in [-0.2, -0.15) is 5.26 Å². The highest BCUT2D eigenvalue weighted by Crippen LogP contribution is 2.70. The number of esters is 1. The third-order valence-electron chi connectivity index (χ3n) is 11.5. The first-order valence-corrected chi connectivity index (χ1v) is 13.2. The van der Waals surface area contributed by atoms with Crippen molar-refractivity contribution in [3.05, 3.63) is 11.6 Å². The Labute approximate surface area is 203 Å². The van der Waals surface area contributed by atoms with Crippen molar-refractivity contribution in [3.63, 3.8) is 0 Å². The molecule has 5 rings (SSSR count). The molecule has 8 atom stereocenters. The van der Waals surface area contributed by atoms with Crippen LogP contribution in [0, 0.1) is 62.6 Å². The van der Waals surface area contributed by atoms with Gasteiger partial charge in [0.25, 0.3) is 0 Å². The summed E-state index contributed by atoms with van der Waals surface area (Å²) in [6.07, 6.45) is 9.18. The predicted molar refractivity (Wildman–Crippen MR) is 127 cm³/mol. The lowest BCUT2D eigenvalue weighted by atomic mass is 9.37. The van der Waals surface area contributed by atoms with Crippen molar-refractivity contribution < 1.29 is 19.1 Å². The van der Waals surface area contributed by atoms with Gasteiger partial charge in [-0.25, -0.2) is 0 Å². The number of carbonyl (C=O) groups is 3. The van der Waals surface area contributed by atoms with Gasteiger partial charge in [0.1, 0.15) is 11.9 Å². The van der Waals surface area contributed by atoms with Gasteiger partial charge >= 0.3 is 5.97 Å². The summed E-state index contributed by atoms with van der Waals surface area (Å²) in [4.78, 5) is 39.8. The molecule has 8 unspecified atom stereocenters. The minimum absolute atomic E-state index is 0.0366. The van der Waals surface area contributed by atoms with E-state index in [-0.39, 0.29) is 63.2 Å². The minimum Gasteiger partial charge on any atom is -0.469 e. The van der Waals surface area contributed by atoms with Gasteiger partial charge in [-0.15, -0.1) is 0 Å². The van der Waals surface area contributed by atoms with Crippen LogP contribution >= 0.6 is 0 Å². The zero-order chi connectivity index (χ0) is 24.7. The van der Waals surface area contributed by atoms with E-state index in [9.17, 15) is 19.6 Å². The molecule has 5 aliphatic rings. The van der Waals surface area contributed by atoms with E-state index in [4.69, 9.17) is 4.74 Å². The average molecular weight is 466 g/mol. The Balaban J connectivity index is 1.57. The quantitative estimate of drug-likeness (QED) is 0.482. The van der Waals surface area contributed by atoms with Gasteiger partial charge in [0.05, 0.1) is 18.1 Å². The summed E-state index contributed by atoms with van der Waals surface area (Å²) in [6.45, 7) is 9.12. The number of ketones is 2. The fraction of sp³-hybridized carbons (Fsp3) is 0.793. The molecule has 4 fully saturated rings. The summed E-state index contributed by atoms with van der Waals surface area (Å²) < 4.78 is 5.37. The van der Waals surface area contributed by atoms with Gasteiger partial charge in [-0.05, 0) is 84.9 Å². The maximum absolute atomic E-state index is 14.1. The number of nitrogens with zero attached hydrogens (tertiary/aromatic N) is 1. The molecule has 0 saturated heterocycles. The second-order valence-electron chi connectivity index (χ2n) is 13.4. The zero-order valence-electron chi connectivity index (χ0n) is 21.4. The molecule has 5 heteroatoms. The number of nitriles is 1. The van der Waals surface area contributed by atoms with Crippen molar-refractivity contribution in [2.75, 3.05) is 7.11 Å². The highest BCUT2D eigenvalue weighted by molar-refractivity contribution is 6.00. The molecule has 0 radical (unpaired) electrons. The van der Waals surface area contributed by atoms with Crippen LogP contribution < -0.4 is 0 Å². The van der Waals surface area contributed by atoms with Gasteiger partial charge in [-0.3, -0.25) is 14.4 Å². The van der Waals surface area contributed by atoms with Crippen LogP contribution in [0.1, 0.15) is 85.5 Å². The van der Waals surface area contributed by atoms with E-state index in [2.05, 4.69) is 33.8 Å². The van der Waals surface area contributed by atoms with E-state index in [0.717, 1.165) is 44.9 Å². The normalized spacial score (nSPS) is 47.2. The Morgan fingerprint density at radius 3 is 2.44 bits per heavy atom. The molecule has 0 aromatic rings. The first-order chi connectivity index (χ1) is 15.9. The standard InChI is InChI=1S/C29H39NO4/c1-26(2)10-11-29(25(33)34-5)9-7-19-24(20(29)15-26)22(32)13-23-27(19,3)8-6-18-12-21(31)17(16-30)14-28(18,23)4/h14,18-20,23-24H,6-13,15H2,1-5H3. The molecule has 0 N–H and O–H groups in total. The van der Waals surface area contributed by atoms with E-state index in [1.165, 1.54) is 7.11 Å². The molecule has 0 aromatic heterocycles. The van der Waals surface area contributed by atoms with Crippen LogP contribution in [-0.2, 0) is 19.1 Å². The minimum atomic E-state index is -0.531. The molecular formula is C29H39NO4. The van der Waals surface area contributed by atoms with E-state index in [1.54, 1.807) is 0 Å². The molecule has 0 heterocycles. The van der Waals surface area contributed by atoms with Crippen molar-refractivity contribution in [2.45, 2.75) is 85.5 Å². The lowest BCUT2D eigenvalue weighted by Crippen LogP contribution is -2.64. The van der Waals surface area contributed by atoms with Crippen molar-refractivity contribution >= 4 is 17.5 Å². The monoisotopic (exact) mass is 465 g/mol. The Bertz CT molecular complexity index is 1020. The van der Waals surface area contributed by atoms with Crippen molar-refractivity contribution in [1.29, 1.82) is 5.26 Å². The lowest BCUT2D eigenvalue weighted by molar-refractivity contribution is -0.195. The predicted octanol–water partition coefficient (Wildman–Crippen LogP) is 5.43. The summed E-state index contributed by atoms with van der Waals surface area (Å²) in [5, 5.41) is 9.60. The maximum atomic E-state index is 14.1. The Morgan fingerprint density at radius 1 is 1.03 bits per heavy atom. The largest absolute Gasteiger partial charge is 0.469 e. The summed E-state index contributed by atoms with van der Waals surface area (Å²) in [6, 6.07) is 2.13. The number of ether oxygens (including phenoxy) is 1. The van der Waals surface area contributed by atoms with Crippen LogP contribution in [0.5, 0.6) is 0 Å². The summed E-state index contributed by atoms with van der Waals surface area (Å²) >= 11 is 0. The highest BCUT2D eigenvalue weighted by atomic mass is 16.5. The number of hydrogen-bond donors (Lipinski definition) is 0. The Kier molecular flexibility index (Phi) is 5.26. The Hall–Kier alpha value is -1.96. The summed E-state index contributed by atoms with van der Waals surface area (Å²) in [5.74, 6) is 0.652. The number of allylic oxidation sites excluding steroid dienone is 2. The molecule has 0 aliphatic heterocycles. The smallest absolute Gasteiger partial charge is 0.312 e. The number of carbonyl (C=O) groups excluding carboxylic acids is 3. The van der Waals surface area contributed by atoms with Crippen molar-refractivity contribution in [3.8, 4) is 6.07 Å². The molecule has 0 aromatic carbocycles. The van der Waals surface area contributed by atoms with Gasteiger partial charge < -0.3 is 4.74 Å². The van der Waals surface area contributed by atoms with Crippen LogP contribution in [-0.4, -0.2) is 24.6 Å². The van der Waals surface area contributed by atoms with Crippen LogP contribution in [0.15, 0.2) is 11.6 Å².